The minimum absolute atomic E-state index is 0.0720. The number of ether oxygens (including phenoxy) is 1. The van der Waals surface area contributed by atoms with Crippen LogP contribution < -0.4 is 10.5 Å². The molecule has 0 aromatic heterocycles. The summed E-state index contributed by atoms with van der Waals surface area (Å²) in [4.78, 5) is 28.4. The van der Waals surface area contributed by atoms with Gasteiger partial charge in [-0.25, -0.2) is 0 Å². The van der Waals surface area contributed by atoms with Crippen molar-refractivity contribution in [3.05, 3.63) is 30.3 Å². The van der Waals surface area contributed by atoms with Crippen LogP contribution in [0.15, 0.2) is 30.3 Å². The zero-order chi connectivity index (χ0) is 19.2. The zero-order valence-electron chi connectivity index (χ0n) is 16.2. The number of amides is 2. The van der Waals surface area contributed by atoms with Crippen LogP contribution in [0.2, 0.25) is 0 Å². The fraction of sp³-hybridized carbons (Fsp3) is 0.619. The van der Waals surface area contributed by atoms with Gasteiger partial charge in [-0.1, -0.05) is 31.0 Å². The van der Waals surface area contributed by atoms with Gasteiger partial charge in [-0.3, -0.25) is 14.5 Å². The molecule has 1 heterocycles. The van der Waals surface area contributed by atoms with Crippen LogP contribution in [0.4, 0.5) is 0 Å². The Labute approximate surface area is 161 Å². The summed E-state index contributed by atoms with van der Waals surface area (Å²) in [6.45, 7) is 1.63. The summed E-state index contributed by atoms with van der Waals surface area (Å²) in [6, 6.07) is 10.1. The van der Waals surface area contributed by atoms with Crippen molar-refractivity contribution in [2.45, 2.75) is 50.7 Å². The summed E-state index contributed by atoms with van der Waals surface area (Å²) in [7, 11) is 2.04. The molecule has 0 radical (unpaired) electrons. The molecule has 2 atom stereocenters. The molecule has 1 saturated heterocycles. The summed E-state index contributed by atoms with van der Waals surface area (Å²) in [5, 5.41) is 0. The van der Waals surface area contributed by atoms with Crippen molar-refractivity contribution in [1.29, 1.82) is 0 Å². The molecule has 1 saturated carbocycles. The Morgan fingerprint density at radius 1 is 1.19 bits per heavy atom. The highest BCUT2D eigenvalue weighted by molar-refractivity contribution is 5.79. The van der Waals surface area contributed by atoms with E-state index in [1.165, 1.54) is 25.7 Å². The van der Waals surface area contributed by atoms with E-state index < -0.39 is 0 Å². The summed E-state index contributed by atoms with van der Waals surface area (Å²) in [6.07, 6.45) is 5.72. The van der Waals surface area contributed by atoms with Gasteiger partial charge in [0, 0.05) is 37.9 Å². The Kier molecular flexibility index (Phi) is 6.72. The van der Waals surface area contributed by atoms with Crippen molar-refractivity contribution >= 4 is 11.8 Å². The Bertz CT molecular complexity index is 631. The molecule has 0 spiro atoms. The lowest BCUT2D eigenvalue weighted by molar-refractivity contribution is -0.137. The van der Waals surface area contributed by atoms with Crippen molar-refractivity contribution in [2.24, 2.45) is 11.7 Å². The predicted molar refractivity (Wildman–Crippen MR) is 104 cm³/mol. The Morgan fingerprint density at radius 2 is 1.89 bits per heavy atom. The molecule has 0 bridgehead atoms. The van der Waals surface area contributed by atoms with Gasteiger partial charge in [-0.05, 0) is 32.0 Å². The number of benzene rings is 1. The summed E-state index contributed by atoms with van der Waals surface area (Å²) >= 11 is 0. The van der Waals surface area contributed by atoms with E-state index >= 15 is 0 Å². The Hall–Kier alpha value is -2.08. The van der Waals surface area contributed by atoms with E-state index in [2.05, 4.69) is 4.90 Å². The van der Waals surface area contributed by atoms with Crippen molar-refractivity contribution < 1.29 is 14.3 Å². The second kappa shape index (κ2) is 9.22. The fourth-order valence-corrected chi connectivity index (χ4v) is 4.31. The van der Waals surface area contributed by atoms with Crippen LogP contribution in [0.1, 0.15) is 38.5 Å². The highest BCUT2D eigenvalue weighted by atomic mass is 16.5. The smallest absolute Gasteiger partial charge is 0.236 e. The minimum atomic E-state index is -0.348. The molecule has 6 nitrogen and oxygen atoms in total. The number of primary amides is 1. The number of likely N-dealkylation sites (N-methyl/N-ethyl adjacent to an activating group) is 1. The van der Waals surface area contributed by atoms with Crippen LogP contribution in [0.3, 0.4) is 0 Å². The highest BCUT2D eigenvalue weighted by Crippen LogP contribution is 2.26. The van der Waals surface area contributed by atoms with Gasteiger partial charge in [0.05, 0.1) is 6.54 Å². The normalized spacial score (nSPS) is 23.6. The van der Waals surface area contributed by atoms with E-state index in [0.29, 0.717) is 32.1 Å². The van der Waals surface area contributed by atoms with Gasteiger partial charge in [-0.2, -0.15) is 0 Å². The molecule has 148 valence electrons. The number of piperidine rings is 1. The van der Waals surface area contributed by atoms with E-state index in [4.69, 9.17) is 10.5 Å². The fourth-order valence-electron chi connectivity index (χ4n) is 4.31. The topological polar surface area (TPSA) is 75.9 Å². The summed E-state index contributed by atoms with van der Waals surface area (Å²) in [5.41, 5.74) is 5.46. The van der Waals surface area contributed by atoms with Crippen LogP contribution in [-0.2, 0) is 9.59 Å². The maximum atomic E-state index is 12.8. The molecule has 1 aliphatic carbocycles. The molecule has 2 aliphatic rings. The molecule has 2 fully saturated rings. The third kappa shape index (κ3) is 5.45. The first-order valence-corrected chi connectivity index (χ1v) is 10.0. The van der Waals surface area contributed by atoms with Crippen LogP contribution in [0.5, 0.6) is 5.75 Å². The van der Waals surface area contributed by atoms with Crippen molar-refractivity contribution in [3.63, 3.8) is 0 Å². The zero-order valence-corrected chi connectivity index (χ0v) is 16.2. The van der Waals surface area contributed by atoms with Crippen LogP contribution >= 0.6 is 0 Å². The molecule has 1 aromatic rings. The van der Waals surface area contributed by atoms with Gasteiger partial charge < -0.3 is 15.4 Å². The number of rotatable bonds is 7. The lowest BCUT2D eigenvalue weighted by Crippen LogP contribution is -2.51. The molecule has 6 heteroatoms. The maximum absolute atomic E-state index is 12.8. The average molecular weight is 373 g/mol. The van der Waals surface area contributed by atoms with Gasteiger partial charge in [0.1, 0.15) is 11.9 Å². The van der Waals surface area contributed by atoms with Crippen molar-refractivity contribution in [2.75, 3.05) is 26.7 Å². The lowest BCUT2D eigenvalue weighted by Gasteiger charge is -2.39. The van der Waals surface area contributed by atoms with Crippen LogP contribution in [0.25, 0.3) is 0 Å². The molecule has 1 aromatic carbocycles. The van der Waals surface area contributed by atoms with Gasteiger partial charge in [0.25, 0.3) is 0 Å². The monoisotopic (exact) mass is 373 g/mol. The highest BCUT2D eigenvalue weighted by Gasteiger charge is 2.34. The third-order valence-corrected chi connectivity index (χ3v) is 5.84. The van der Waals surface area contributed by atoms with Crippen LogP contribution in [0, 0.1) is 5.92 Å². The first-order valence-electron chi connectivity index (χ1n) is 10.0. The van der Waals surface area contributed by atoms with Gasteiger partial charge >= 0.3 is 0 Å². The molecule has 0 unspecified atom stereocenters. The number of hydrogen-bond acceptors (Lipinski definition) is 4. The summed E-state index contributed by atoms with van der Waals surface area (Å²) in [5.74, 6) is 0.506. The molecule has 2 amide bonds. The molecule has 1 aliphatic heterocycles. The number of likely N-dealkylation sites (tertiary alicyclic amines) is 1. The SMILES string of the molecule is CN(CC(=O)N1CC[C@H](Oc2ccccc2)[C@@H](CC(N)=O)C1)C1CCCC1. The second-order valence-electron chi connectivity index (χ2n) is 7.88. The second-order valence-corrected chi connectivity index (χ2v) is 7.88. The first-order chi connectivity index (χ1) is 13.0. The molecule has 2 N–H and O–H groups in total. The van der Waals surface area contributed by atoms with Gasteiger partial charge in [0.15, 0.2) is 0 Å². The first kappa shape index (κ1) is 19.7. The van der Waals surface area contributed by atoms with Crippen LogP contribution in [-0.4, -0.2) is 60.4 Å². The quantitative estimate of drug-likeness (QED) is 0.793. The Morgan fingerprint density at radius 3 is 2.56 bits per heavy atom. The molecule has 3 rings (SSSR count). The molecular weight excluding hydrogens is 342 g/mol. The predicted octanol–water partition coefficient (Wildman–Crippen LogP) is 2.03. The van der Waals surface area contributed by atoms with Crippen molar-refractivity contribution in [1.82, 2.24) is 9.80 Å². The number of para-hydroxylation sites is 1. The standard InChI is InChI=1S/C21H31N3O3/c1-23(17-7-5-6-8-17)15-21(26)24-12-11-19(16(14-24)13-20(22)25)27-18-9-3-2-4-10-18/h2-4,9-10,16-17,19H,5-8,11-15H2,1H3,(H2,22,25)/t16-,19-/m0/s1. The number of nitrogens with two attached hydrogens (primary N) is 1. The van der Waals surface area contributed by atoms with Gasteiger partial charge in [0.2, 0.25) is 11.8 Å². The molecular formula is C21H31N3O3. The average Bonchev–Trinajstić information content (AvgIpc) is 3.18. The maximum Gasteiger partial charge on any atom is 0.236 e. The van der Waals surface area contributed by atoms with E-state index in [9.17, 15) is 9.59 Å². The lowest BCUT2D eigenvalue weighted by atomic mass is 9.91. The number of carbonyl (C=O) groups is 2. The summed E-state index contributed by atoms with van der Waals surface area (Å²) < 4.78 is 6.10. The molecule has 27 heavy (non-hydrogen) atoms. The number of nitrogens with zero attached hydrogens (tertiary/aromatic N) is 2. The van der Waals surface area contributed by atoms with E-state index in [0.717, 1.165) is 5.75 Å². The van der Waals surface area contributed by atoms with Gasteiger partial charge in [-0.15, -0.1) is 0 Å². The van der Waals surface area contributed by atoms with E-state index in [1.807, 2.05) is 42.3 Å². The largest absolute Gasteiger partial charge is 0.490 e. The van der Waals surface area contributed by atoms with Crippen molar-refractivity contribution in [3.8, 4) is 5.75 Å². The van der Waals surface area contributed by atoms with E-state index in [1.54, 1.807) is 0 Å². The minimum Gasteiger partial charge on any atom is -0.490 e. The third-order valence-electron chi connectivity index (χ3n) is 5.84. The number of hydrogen-bond donors (Lipinski definition) is 1. The Balaban J connectivity index is 1.59. The number of carbonyl (C=O) groups excluding carboxylic acids is 2. The van der Waals surface area contributed by atoms with E-state index in [-0.39, 0.29) is 30.3 Å².